The Morgan fingerprint density at radius 2 is 1.69 bits per heavy atom. The van der Waals surface area contributed by atoms with E-state index in [0.29, 0.717) is 18.1 Å². The summed E-state index contributed by atoms with van der Waals surface area (Å²) in [7, 11) is 1.60. The molecular weight excluding hydrogens is 388 g/mol. The fourth-order valence-corrected chi connectivity index (χ4v) is 3.05. The van der Waals surface area contributed by atoms with Gasteiger partial charge in [0, 0.05) is 18.1 Å². The number of nitrogens with zero attached hydrogens (tertiary/aromatic N) is 1. The van der Waals surface area contributed by atoms with Crippen LogP contribution in [-0.2, 0) is 22.6 Å². The van der Waals surface area contributed by atoms with E-state index < -0.39 is 6.04 Å². The van der Waals surface area contributed by atoms with E-state index in [9.17, 15) is 9.59 Å². The van der Waals surface area contributed by atoms with E-state index in [1.54, 1.807) is 31.1 Å². The maximum atomic E-state index is 13.1. The van der Waals surface area contributed by atoms with Crippen molar-refractivity contribution in [3.8, 4) is 5.75 Å². The normalized spacial score (nSPS) is 11.6. The average molecular weight is 417 g/mol. The highest BCUT2D eigenvalue weighted by Crippen LogP contribution is 2.17. The largest absolute Gasteiger partial charge is 0.497 e. The molecule has 5 nitrogen and oxygen atoms in total. The van der Waals surface area contributed by atoms with Crippen molar-refractivity contribution in [3.05, 3.63) is 64.7 Å². The summed E-state index contributed by atoms with van der Waals surface area (Å²) in [5.41, 5.74) is 1.79. The summed E-state index contributed by atoms with van der Waals surface area (Å²) in [6.07, 6.45) is 2.12. The number of amides is 2. The molecule has 0 spiro atoms. The highest BCUT2D eigenvalue weighted by Gasteiger charge is 2.26. The number of rotatable bonds is 10. The van der Waals surface area contributed by atoms with E-state index >= 15 is 0 Å². The summed E-state index contributed by atoms with van der Waals surface area (Å²) >= 11 is 5.97. The Balaban J connectivity index is 2.15. The minimum absolute atomic E-state index is 0.108. The Morgan fingerprint density at radius 3 is 2.28 bits per heavy atom. The van der Waals surface area contributed by atoms with Crippen LogP contribution in [0.5, 0.6) is 5.75 Å². The summed E-state index contributed by atoms with van der Waals surface area (Å²) in [4.78, 5) is 27.3. The quantitative estimate of drug-likeness (QED) is 0.590. The van der Waals surface area contributed by atoms with Crippen molar-refractivity contribution in [1.29, 1.82) is 0 Å². The molecule has 0 radical (unpaired) electrons. The van der Waals surface area contributed by atoms with Gasteiger partial charge in [-0.25, -0.2) is 0 Å². The fourth-order valence-electron chi connectivity index (χ4n) is 2.92. The molecule has 156 valence electrons. The molecule has 6 heteroatoms. The van der Waals surface area contributed by atoms with Gasteiger partial charge in [0.05, 0.1) is 13.5 Å². The zero-order valence-electron chi connectivity index (χ0n) is 17.3. The topological polar surface area (TPSA) is 58.6 Å². The molecule has 2 amide bonds. The second kappa shape index (κ2) is 11.5. The van der Waals surface area contributed by atoms with Gasteiger partial charge < -0.3 is 15.0 Å². The van der Waals surface area contributed by atoms with Crippen LogP contribution in [0, 0.1) is 0 Å². The van der Waals surface area contributed by atoms with Gasteiger partial charge in [-0.2, -0.15) is 0 Å². The fraction of sp³-hybridized carbons (Fsp3) is 0.391. The number of hydrogen-bond donors (Lipinski definition) is 1. The first-order chi connectivity index (χ1) is 13.9. The van der Waals surface area contributed by atoms with Gasteiger partial charge in [-0.1, -0.05) is 49.2 Å². The second-order valence-corrected chi connectivity index (χ2v) is 7.43. The highest BCUT2D eigenvalue weighted by molar-refractivity contribution is 6.30. The van der Waals surface area contributed by atoms with Crippen LogP contribution in [0.4, 0.5) is 0 Å². The van der Waals surface area contributed by atoms with Crippen LogP contribution in [0.1, 0.15) is 37.8 Å². The molecule has 1 unspecified atom stereocenters. The third-order valence-electron chi connectivity index (χ3n) is 4.78. The molecule has 0 saturated carbocycles. The molecule has 0 saturated heterocycles. The lowest BCUT2D eigenvalue weighted by Gasteiger charge is -2.29. The van der Waals surface area contributed by atoms with Crippen molar-refractivity contribution in [2.24, 2.45) is 0 Å². The van der Waals surface area contributed by atoms with E-state index in [-0.39, 0.29) is 18.2 Å². The summed E-state index contributed by atoms with van der Waals surface area (Å²) in [6.45, 7) is 4.79. The van der Waals surface area contributed by atoms with Gasteiger partial charge >= 0.3 is 0 Å². The minimum atomic E-state index is -0.576. The van der Waals surface area contributed by atoms with Crippen LogP contribution in [0.25, 0.3) is 0 Å². The average Bonchev–Trinajstić information content (AvgIpc) is 2.73. The first-order valence-corrected chi connectivity index (χ1v) is 10.3. The van der Waals surface area contributed by atoms with Crippen molar-refractivity contribution in [3.63, 3.8) is 0 Å². The Labute approximate surface area is 178 Å². The van der Waals surface area contributed by atoms with Crippen LogP contribution in [0.3, 0.4) is 0 Å². The maximum absolute atomic E-state index is 13.1. The van der Waals surface area contributed by atoms with Gasteiger partial charge in [-0.15, -0.1) is 0 Å². The Morgan fingerprint density at radius 1 is 1.07 bits per heavy atom. The maximum Gasteiger partial charge on any atom is 0.242 e. The van der Waals surface area contributed by atoms with Gasteiger partial charge in [-0.05, 0) is 48.7 Å². The van der Waals surface area contributed by atoms with Crippen LogP contribution in [-0.4, -0.2) is 36.4 Å². The molecule has 2 aromatic carbocycles. The molecule has 1 atom stereocenters. The number of methoxy groups -OCH3 is 1. The number of nitrogens with one attached hydrogen (secondary N) is 1. The Hall–Kier alpha value is -2.53. The Bertz CT molecular complexity index is 791. The molecule has 1 N–H and O–H groups in total. The molecule has 0 aromatic heterocycles. The van der Waals surface area contributed by atoms with Crippen LogP contribution >= 0.6 is 11.6 Å². The number of hydrogen-bond acceptors (Lipinski definition) is 3. The van der Waals surface area contributed by atoms with Crippen molar-refractivity contribution in [1.82, 2.24) is 10.2 Å². The molecular formula is C23H29ClN2O3. The lowest BCUT2D eigenvalue weighted by atomic mass is 10.1. The van der Waals surface area contributed by atoms with Crippen LogP contribution < -0.4 is 10.1 Å². The number of carbonyl (C=O) groups excluding carboxylic acids is 2. The van der Waals surface area contributed by atoms with Gasteiger partial charge in [0.25, 0.3) is 0 Å². The summed E-state index contributed by atoms with van der Waals surface area (Å²) in [5.74, 6) is 0.488. The zero-order valence-corrected chi connectivity index (χ0v) is 18.0. The number of unbranched alkanes of at least 4 members (excludes halogenated alkanes) is 1. The van der Waals surface area contributed by atoms with Gasteiger partial charge in [0.2, 0.25) is 11.8 Å². The van der Waals surface area contributed by atoms with Crippen molar-refractivity contribution in [2.45, 2.75) is 45.7 Å². The predicted octanol–water partition coefficient (Wildman–Crippen LogP) is 4.22. The molecule has 0 aliphatic heterocycles. The molecule has 2 aromatic rings. The number of ether oxygens (including phenoxy) is 1. The molecule has 0 fully saturated rings. The molecule has 2 rings (SSSR count). The Kier molecular flexibility index (Phi) is 9.00. The lowest BCUT2D eigenvalue weighted by Crippen LogP contribution is -2.48. The minimum Gasteiger partial charge on any atom is -0.497 e. The third kappa shape index (κ3) is 7.09. The molecule has 0 heterocycles. The number of carbonyl (C=O) groups is 2. The van der Waals surface area contributed by atoms with Gasteiger partial charge in [-0.3, -0.25) is 9.59 Å². The zero-order chi connectivity index (χ0) is 21.2. The van der Waals surface area contributed by atoms with E-state index in [4.69, 9.17) is 16.3 Å². The highest BCUT2D eigenvalue weighted by atomic mass is 35.5. The van der Waals surface area contributed by atoms with Gasteiger partial charge in [0.15, 0.2) is 0 Å². The van der Waals surface area contributed by atoms with Crippen LogP contribution in [0.15, 0.2) is 48.5 Å². The summed E-state index contributed by atoms with van der Waals surface area (Å²) in [5, 5.41) is 3.56. The van der Waals surface area contributed by atoms with E-state index in [2.05, 4.69) is 12.2 Å². The lowest BCUT2D eigenvalue weighted by molar-refractivity contribution is -0.140. The van der Waals surface area contributed by atoms with E-state index in [0.717, 1.165) is 29.7 Å². The van der Waals surface area contributed by atoms with Crippen molar-refractivity contribution in [2.75, 3.05) is 13.7 Å². The van der Waals surface area contributed by atoms with Crippen molar-refractivity contribution >= 4 is 23.4 Å². The van der Waals surface area contributed by atoms with E-state index in [1.807, 2.05) is 36.4 Å². The third-order valence-corrected chi connectivity index (χ3v) is 5.03. The molecule has 0 aliphatic carbocycles. The first kappa shape index (κ1) is 22.8. The molecule has 0 bridgehead atoms. The number of benzene rings is 2. The second-order valence-electron chi connectivity index (χ2n) is 6.99. The van der Waals surface area contributed by atoms with E-state index in [1.165, 1.54) is 0 Å². The molecule has 0 aliphatic rings. The summed E-state index contributed by atoms with van der Waals surface area (Å²) in [6, 6.07) is 14.1. The molecule has 29 heavy (non-hydrogen) atoms. The van der Waals surface area contributed by atoms with Gasteiger partial charge in [0.1, 0.15) is 11.8 Å². The summed E-state index contributed by atoms with van der Waals surface area (Å²) < 4.78 is 5.17. The monoisotopic (exact) mass is 416 g/mol. The first-order valence-electron chi connectivity index (χ1n) is 9.89. The number of halogens is 1. The SMILES string of the molecule is CCCCNC(=O)C(C)N(Cc1ccc(Cl)cc1)C(=O)Cc1ccc(OC)cc1. The predicted molar refractivity (Wildman–Crippen MR) is 116 cm³/mol. The smallest absolute Gasteiger partial charge is 0.242 e. The van der Waals surface area contributed by atoms with Crippen LogP contribution in [0.2, 0.25) is 5.02 Å². The van der Waals surface area contributed by atoms with Crippen molar-refractivity contribution < 1.29 is 14.3 Å². The standard InChI is InChI=1S/C23H29ClN2O3/c1-4-5-14-25-23(28)17(2)26(16-19-6-10-20(24)11-7-19)22(27)15-18-8-12-21(29-3)13-9-18/h6-13,17H,4-5,14-16H2,1-3H3,(H,25,28).